The number of nitrogens with zero attached hydrogens (tertiary/aromatic N) is 2. The first-order chi connectivity index (χ1) is 7.86. The maximum atomic E-state index is 5.31. The van der Waals surface area contributed by atoms with E-state index in [2.05, 4.69) is 14.9 Å². The second kappa shape index (κ2) is 6.01. The molecule has 2 heterocycles. The van der Waals surface area contributed by atoms with E-state index in [4.69, 9.17) is 4.74 Å². The molecule has 0 bridgehead atoms. The van der Waals surface area contributed by atoms with Crippen molar-refractivity contribution in [2.24, 2.45) is 0 Å². The lowest BCUT2D eigenvalue weighted by Crippen LogP contribution is -2.30. The maximum absolute atomic E-state index is 5.31. The second-order valence-corrected chi connectivity index (χ2v) is 4.39. The Hall–Kier alpha value is -0.870. The molecule has 0 amide bonds. The van der Waals surface area contributed by atoms with Gasteiger partial charge in [0.1, 0.15) is 5.82 Å². The normalized spacial score (nSPS) is 20.4. The van der Waals surface area contributed by atoms with Gasteiger partial charge in [0.2, 0.25) is 0 Å². The second-order valence-electron chi connectivity index (χ2n) is 4.39. The first kappa shape index (κ1) is 11.6. The summed E-state index contributed by atoms with van der Waals surface area (Å²) in [5, 5.41) is 3.53. The van der Waals surface area contributed by atoms with Crippen LogP contribution in [0.3, 0.4) is 0 Å². The molecule has 1 saturated heterocycles. The number of imidazole rings is 1. The summed E-state index contributed by atoms with van der Waals surface area (Å²) in [6, 6.07) is 0.593. The van der Waals surface area contributed by atoms with Crippen molar-refractivity contribution in [1.82, 2.24) is 14.9 Å². The van der Waals surface area contributed by atoms with Gasteiger partial charge >= 0.3 is 0 Å². The Kier molecular flexibility index (Phi) is 4.36. The summed E-state index contributed by atoms with van der Waals surface area (Å²) >= 11 is 0. The molecule has 2 rings (SSSR count). The van der Waals surface area contributed by atoms with E-state index in [0.717, 1.165) is 32.1 Å². The molecular weight excluding hydrogens is 202 g/mol. The lowest BCUT2D eigenvalue weighted by Gasteiger charge is -2.10. The molecule has 0 spiro atoms. The third-order valence-corrected chi connectivity index (χ3v) is 3.11. The molecule has 1 aliphatic heterocycles. The summed E-state index contributed by atoms with van der Waals surface area (Å²) in [5.74, 6) is 1.11. The van der Waals surface area contributed by atoms with E-state index < -0.39 is 0 Å². The molecule has 16 heavy (non-hydrogen) atoms. The molecule has 0 aromatic carbocycles. The molecular formula is C12H21N3O. The highest BCUT2D eigenvalue weighted by Gasteiger charge is 2.13. The van der Waals surface area contributed by atoms with E-state index in [1.165, 1.54) is 19.3 Å². The van der Waals surface area contributed by atoms with Crippen LogP contribution in [-0.2, 0) is 11.3 Å². The first-order valence-corrected chi connectivity index (χ1v) is 6.15. The van der Waals surface area contributed by atoms with E-state index in [0.29, 0.717) is 6.04 Å². The predicted octanol–water partition coefficient (Wildman–Crippen LogP) is 1.35. The zero-order chi connectivity index (χ0) is 11.2. The number of nitrogens with one attached hydrogen (secondary N) is 1. The molecule has 1 aromatic rings. The van der Waals surface area contributed by atoms with Crippen LogP contribution in [-0.4, -0.2) is 35.4 Å². The minimum Gasteiger partial charge on any atom is -0.380 e. The van der Waals surface area contributed by atoms with Crippen LogP contribution in [0, 0.1) is 6.92 Å². The molecule has 1 atom stereocenters. The number of ether oxygens (including phenoxy) is 1. The quantitative estimate of drug-likeness (QED) is 0.740. The molecule has 1 aliphatic rings. The van der Waals surface area contributed by atoms with Crippen molar-refractivity contribution in [3.8, 4) is 0 Å². The van der Waals surface area contributed by atoms with Gasteiger partial charge in [0.25, 0.3) is 0 Å². The van der Waals surface area contributed by atoms with Crippen molar-refractivity contribution in [3.63, 3.8) is 0 Å². The summed E-state index contributed by atoms with van der Waals surface area (Å²) in [4.78, 5) is 4.21. The van der Waals surface area contributed by atoms with Gasteiger partial charge in [-0.15, -0.1) is 0 Å². The van der Waals surface area contributed by atoms with Crippen LogP contribution in [0.25, 0.3) is 0 Å². The van der Waals surface area contributed by atoms with E-state index in [9.17, 15) is 0 Å². The van der Waals surface area contributed by atoms with Crippen LogP contribution in [0.5, 0.6) is 0 Å². The summed E-state index contributed by atoms with van der Waals surface area (Å²) in [7, 11) is 0. The molecule has 1 aromatic heterocycles. The average Bonchev–Trinajstić information content (AvgIpc) is 2.90. The van der Waals surface area contributed by atoms with E-state index in [1.807, 2.05) is 19.3 Å². The van der Waals surface area contributed by atoms with Gasteiger partial charge in [-0.25, -0.2) is 4.98 Å². The average molecular weight is 223 g/mol. The van der Waals surface area contributed by atoms with Crippen LogP contribution in [0.15, 0.2) is 12.4 Å². The topological polar surface area (TPSA) is 39.1 Å². The van der Waals surface area contributed by atoms with Crippen LogP contribution >= 0.6 is 0 Å². The molecule has 4 nitrogen and oxygen atoms in total. The maximum Gasteiger partial charge on any atom is 0.105 e. The van der Waals surface area contributed by atoms with Gasteiger partial charge in [0.15, 0.2) is 0 Å². The number of aryl methyl sites for hydroxylation is 2. The Morgan fingerprint density at radius 3 is 3.19 bits per heavy atom. The zero-order valence-corrected chi connectivity index (χ0v) is 9.98. The SMILES string of the molecule is Cc1nccn1CCCCNC1CCOC1. The Labute approximate surface area is 97.0 Å². The minimum atomic E-state index is 0.593. The molecule has 1 unspecified atom stereocenters. The number of aromatic nitrogens is 2. The van der Waals surface area contributed by atoms with E-state index in [1.54, 1.807) is 0 Å². The Bertz CT molecular complexity index is 305. The standard InChI is InChI=1S/C12H21N3O/c1-11-13-6-8-15(11)7-3-2-5-14-12-4-9-16-10-12/h6,8,12,14H,2-5,7,9-10H2,1H3. The Morgan fingerprint density at radius 2 is 2.50 bits per heavy atom. The van der Waals surface area contributed by atoms with Gasteiger partial charge in [0.05, 0.1) is 6.61 Å². The summed E-state index contributed by atoms with van der Waals surface area (Å²) in [6.45, 7) is 6.04. The molecule has 0 aliphatic carbocycles. The van der Waals surface area contributed by atoms with Crippen molar-refractivity contribution in [3.05, 3.63) is 18.2 Å². The third-order valence-electron chi connectivity index (χ3n) is 3.11. The van der Waals surface area contributed by atoms with Crippen LogP contribution < -0.4 is 5.32 Å². The first-order valence-electron chi connectivity index (χ1n) is 6.15. The van der Waals surface area contributed by atoms with Gasteiger partial charge in [-0.05, 0) is 32.7 Å². The smallest absolute Gasteiger partial charge is 0.105 e. The summed E-state index contributed by atoms with van der Waals surface area (Å²) in [5.41, 5.74) is 0. The highest BCUT2D eigenvalue weighted by molar-refractivity contribution is 4.88. The van der Waals surface area contributed by atoms with Gasteiger partial charge in [-0.2, -0.15) is 0 Å². The number of rotatable bonds is 6. The molecule has 1 fully saturated rings. The highest BCUT2D eigenvalue weighted by atomic mass is 16.5. The number of hydrogen-bond donors (Lipinski definition) is 1. The predicted molar refractivity (Wildman–Crippen MR) is 63.4 cm³/mol. The molecule has 90 valence electrons. The fourth-order valence-corrected chi connectivity index (χ4v) is 2.05. The molecule has 1 N–H and O–H groups in total. The zero-order valence-electron chi connectivity index (χ0n) is 9.98. The summed E-state index contributed by atoms with van der Waals surface area (Å²) < 4.78 is 7.52. The van der Waals surface area contributed by atoms with Crippen LogP contribution in [0.4, 0.5) is 0 Å². The minimum absolute atomic E-state index is 0.593. The van der Waals surface area contributed by atoms with Crippen LogP contribution in [0.1, 0.15) is 25.1 Å². The lowest BCUT2D eigenvalue weighted by molar-refractivity contribution is 0.190. The fourth-order valence-electron chi connectivity index (χ4n) is 2.05. The Balaban J connectivity index is 1.53. The molecule has 0 radical (unpaired) electrons. The monoisotopic (exact) mass is 223 g/mol. The van der Waals surface area contributed by atoms with Crippen LogP contribution in [0.2, 0.25) is 0 Å². The Morgan fingerprint density at radius 1 is 1.56 bits per heavy atom. The van der Waals surface area contributed by atoms with E-state index >= 15 is 0 Å². The van der Waals surface area contributed by atoms with Crippen molar-refractivity contribution < 1.29 is 4.74 Å². The van der Waals surface area contributed by atoms with Gasteiger partial charge in [-0.1, -0.05) is 0 Å². The highest BCUT2D eigenvalue weighted by Crippen LogP contribution is 2.04. The van der Waals surface area contributed by atoms with Crippen molar-refractivity contribution in [2.75, 3.05) is 19.8 Å². The van der Waals surface area contributed by atoms with Crippen molar-refractivity contribution in [1.29, 1.82) is 0 Å². The summed E-state index contributed by atoms with van der Waals surface area (Å²) in [6.07, 6.45) is 7.50. The number of unbranched alkanes of at least 4 members (excludes halogenated alkanes) is 1. The van der Waals surface area contributed by atoms with Gasteiger partial charge < -0.3 is 14.6 Å². The number of hydrogen-bond acceptors (Lipinski definition) is 3. The molecule has 4 heteroatoms. The van der Waals surface area contributed by atoms with Gasteiger partial charge in [-0.3, -0.25) is 0 Å². The third kappa shape index (κ3) is 3.32. The fraction of sp³-hybridized carbons (Fsp3) is 0.750. The largest absolute Gasteiger partial charge is 0.380 e. The van der Waals surface area contributed by atoms with E-state index in [-0.39, 0.29) is 0 Å². The van der Waals surface area contributed by atoms with Crippen molar-refractivity contribution >= 4 is 0 Å². The molecule has 0 saturated carbocycles. The lowest BCUT2D eigenvalue weighted by atomic mass is 10.2. The van der Waals surface area contributed by atoms with Gasteiger partial charge in [0, 0.05) is 31.6 Å². The van der Waals surface area contributed by atoms with Crippen molar-refractivity contribution in [2.45, 2.75) is 38.8 Å².